The summed E-state index contributed by atoms with van der Waals surface area (Å²) in [5.74, 6) is -0.844. The third-order valence-electron chi connectivity index (χ3n) is 2.95. The monoisotopic (exact) mass is 269 g/mol. The van der Waals surface area contributed by atoms with E-state index in [1.54, 1.807) is 12.1 Å². The molecule has 6 heteroatoms. The highest BCUT2D eigenvalue weighted by molar-refractivity contribution is 5.94. The van der Waals surface area contributed by atoms with Crippen molar-refractivity contribution in [1.29, 1.82) is 0 Å². The predicted molar refractivity (Wildman–Crippen MR) is 69.7 cm³/mol. The maximum atomic E-state index is 11.7. The molecule has 6 nitrogen and oxygen atoms in total. The fraction of sp³-hybridized carbons (Fsp3) is 0.462. The zero-order valence-corrected chi connectivity index (χ0v) is 10.9. The van der Waals surface area contributed by atoms with Crippen molar-refractivity contribution in [3.63, 3.8) is 0 Å². The van der Waals surface area contributed by atoms with Gasteiger partial charge in [-0.05, 0) is 37.1 Å². The number of anilines is 1. The molecule has 0 aliphatic carbocycles. The highest BCUT2D eigenvalue weighted by atomic mass is 16.4. The van der Waals surface area contributed by atoms with Gasteiger partial charge in [0.2, 0.25) is 0 Å². The SMILES string of the molecule is Cc1ccc(NC(=O)[C@H](O)[C@H](O)[C@@H](O)CO)cc1C. The summed E-state index contributed by atoms with van der Waals surface area (Å²) < 4.78 is 0. The molecule has 0 heterocycles. The molecule has 1 rings (SSSR count). The molecule has 0 bridgehead atoms. The minimum atomic E-state index is -1.82. The average Bonchev–Trinajstić information content (AvgIpc) is 2.40. The Balaban J connectivity index is 2.71. The van der Waals surface area contributed by atoms with Crippen molar-refractivity contribution in [2.45, 2.75) is 32.2 Å². The number of carbonyl (C=O) groups is 1. The van der Waals surface area contributed by atoms with E-state index >= 15 is 0 Å². The first kappa shape index (κ1) is 15.6. The number of rotatable bonds is 5. The summed E-state index contributed by atoms with van der Waals surface area (Å²) in [6.45, 7) is 3.07. The quantitative estimate of drug-likeness (QED) is 0.486. The van der Waals surface area contributed by atoms with Crippen LogP contribution in [0.2, 0.25) is 0 Å². The van der Waals surface area contributed by atoms with Gasteiger partial charge in [0.05, 0.1) is 6.61 Å². The van der Waals surface area contributed by atoms with Gasteiger partial charge in [-0.15, -0.1) is 0 Å². The van der Waals surface area contributed by atoms with Crippen molar-refractivity contribution >= 4 is 11.6 Å². The number of aryl methyl sites for hydroxylation is 2. The van der Waals surface area contributed by atoms with Crippen LogP contribution < -0.4 is 5.32 Å². The van der Waals surface area contributed by atoms with Gasteiger partial charge in [-0.3, -0.25) is 4.79 Å². The van der Waals surface area contributed by atoms with Crippen LogP contribution in [0.4, 0.5) is 5.69 Å². The summed E-state index contributed by atoms with van der Waals surface area (Å²) in [5.41, 5.74) is 2.52. The van der Waals surface area contributed by atoms with Crippen LogP contribution in [0.5, 0.6) is 0 Å². The van der Waals surface area contributed by atoms with Crippen LogP contribution in [0.3, 0.4) is 0 Å². The number of carbonyl (C=O) groups excluding carboxylic acids is 1. The maximum absolute atomic E-state index is 11.7. The Morgan fingerprint density at radius 2 is 1.84 bits per heavy atom. The summed E-state index contributed by atoms with van der Waals surface area (Å²) in [7, 11) is 0. The molecular formula is C13H19NO5. The Labute approximate surface area is 111 Å². The van der Waals surface area contributed by atoms with Crippen molar-refractivity contribution < 1.29 is 25.2 Å². The molecule has 106 valence electrons. The summed E-state index contributed by atoms with van der Waals surface area (Å²) in [5, 5.41) is 39.2. The molecule has 0 saturated carbocycles. The van der Waals surface area contributed by atoms with Gasteiger partial charge in [-0.2, -0.15) is 0 Å². The van der Waals surface area contributed by atoms with Crippen molar-refractivity contribution in [2.24, 2.45) is 0 Å². The second-order valence-corrected chi connectivity index (χ2v) is 4.47. The zero-order valence-electron chi connectivity index (χ0n) is 10.9. The topological polar surface area (TPSA) is 110 Å². The lowest BCUT2D eigenvalue weighted by molar-refractivity contribution is -0.137. The van der Waals surface area contributed by atoms with Gasteiger partial charge in [0.15, 0.2) is 6.10 Å². The smallest absolute Gasteiger partial charge is 0.256 e. The Bertz CT molecular complexity index is 449. The fourth-order valence-electron chi connectivity index (χ4n) is 1.51. The predicted octanol–water partition coefficient (Wildman–Crippen LogP) is -0.683. The molecule has 0 spiro atoms. The van der Waals surface area contributed by atoms with Crippen LogP contribution in [0, 0.1) is 13.8 Å². The third-order valence-corrected chi connectivity index (χ3v) is 2.95. The number of benzene rings is 1. The lowest BCUT2D eigenvalue weighted by atomic mass is 10.1. The lowest BCUT2D eigenvalue weighted by Gasteiger charge is -2.21. The molecule has 19 heavy (non-hydrogen) atoms. The highest BCUT2D eigenvalue weighted by Gasteiger charge is 2.29. The minimum absolute atomic E-state index is 0.484. The normalized spacial score (nSPS) is 15.7. The highest BCUT2D eigenvalue weighted by Crippen LogP contribution is 2.15. The molecule has 0 radical (unpaired) electrons. The number of aliphatic hydroxyl groups is 4. The molecule has 1 aromatic rings. The number of hydrogen-bond donors (Lipinski definition) is 5. The minimum Gasteiger partial charge on any atom is -0.394 e. The van der Waals surface area contributed by atoms with Gasteiger partial charge in [0, 0.05) is 5.69 Å². The van der Waals surface area contributed by atoms with Crippen LogP contribution in [0.15, 0.2) is 18.2 Å². The number of nitrogens with one attached hydrogen (secondary N) is 1. The first-order valence-electron chi connectivity index (χ1n) is 5.90. The molecule has 5 N–H and O–H groups in total. The molecule has 1 aromatic carbocycles. The molecule has 0 aliphatic heterocycles. The van der Waals surface area contributed by atoms with Crippen molar-refractivity contribution in [2.75, 3.05) is 11.9 Å². The van der Waals surface area contributed by atoms with Crippen LogP contribution in [-0.2, 0) is 4.79 Å². The molecule has 0 unspecified atom stereocenters. The van der Waals surface area contributed by atoms with Crippen molar-refractivity contribution in [3.8, 4) is 0 Å². The third kappa shape index (κ3) is 4.00. The molecule has 0 aromatic heterocycles. The molecule has 0 saturated heterocycles. The zero-order chi connectivity index (χ0) is 14.6. The second kappa shape index (κ2) is 6.63. The van der Waals surface area contributed by atoms with Gasteiger partial charge >= 0.3 is 0 Å². The van der Waals surface area contributed by atoms with E-state index < -0.39 is 30.8 Å². The largest absolute Gasteiger partial charge is 0.394 e. The van der Waals surface area contributed by atoms with Crippen LogP contribution in [0.25, 0.3) is 0 Å². The van der Waals surface area contributed by atoms with E-state index in [-0.39, 0.29) is 0 Å². The summed E-state index contributed by atoms with van der Waals surface area (Å²) in [4.78, 5) is 11.7. The van der Waals surface area contributed by atoms with Crippen LogP contribution in [-0.4, -0.2) is 51.3 Å². The maximum Gasteiger partial charge on any atom is 0.256 e. The Hall–Kier alpha value is -1.47. The van der Waals surface area contributed by atoms with E-state index in [2.05, 4.69) is 5.32 Å². The molecular weight excluding hydrogens is 250 g/mol. The van der Waals surface area contributed by atoms with Gasteiger partial charge < -0.3 is 25.7 Å². The summed E-state index contributed by atoms with van der Waals surface area (Å²) >= 11 is 0. The van der Waals surface area contributed by atoms with Crippen LogP contribution in [0.1, 0.15) is 11.1 Å². The van der Waals surface area contributed by atoms with Crippen molar-refractivity contribution in [1.82, 2.24) is 0 Å². The van der Waals surface area contributed by atoms with Crippen molar-refractivity contribution in [3.05, 3.63) is 29.3 Å². The Kier molecular flexibility index (Phi) is 5.44. The standard InChI is InChI=1S/C13H19NO5/c1-7-3-4-9(5-8(7)2)14-13(19)12(18)11(17)10(16)6-15/h3-5,10-12,15-18H,6H2,1-2H3,(H,14,19)/t10-,11+,12+/m0/s1. The van der Waals surface area contributed by atoms with E-state index in [1.165, 1.54) is 0 Å². The number of aliphatic hydroxyl groups excluding tert-OH is 4. The molecule has 0 aliphatic rings. The number of hydrogen-bond acceptors (Lipinski definition) is 5. The molecule has 0 fully saturated rings. The lowest BCUT2D eigenvalue weighted by Crippen LogP contribution is -2.46. The second-order valence-electron chi connectivity index (χ2n) is 4.47. The first-order chi connectivity index (χ1) is 8.86. The van der Waals surface area contributed by atoms with Gasteiger partial charge in [-0.25, -0.2) is 0 Å². The Morgan fingerprint density at radius 3 is 2.37 bits per heavy atom. The van der Waals surface area contributed by atoms with Gasteiger partial charge in [0.1, 0.15) is 12.2 Å². The van der Waals surface area contributed by atoms with E-state index in [1.807, 2.05) is 19.9 Å². The van der Waals surface area contributed by atoms with Gasteiger partial charge in [-0.1, -0.05) is 6.07 Å². The van der Waals surface area contributed by atoms with E-state index in [9.17, 15) is 15.0 Å². The average molecular weight is 269 g/mol. The first-order valence-corrected chi connectivity index (χ1v) is 5.90. The van der Waals surface area contributed by atoms with E-state index in [0.717, 1.165) is 11.1 Å². The van der Waals surface area contributed by atoms with Gasteiger partial charge in [0.25, 0.3) is 5.91 Å². The fourth-order valence-corrected chi connectivity index (χ4v) is 1.51. The summed E-state index contributed by atoms with van der Waals surface area (Å²) in [6.07, 6.45) is -5.12. The number of amides is 1. The molecule has 1 amide bonds. The van der Waals surface area contributed by atoms with E-state index in [0.29, 0.717) is 5.69 Å². The van der Waals surface area contributed by atoms with Crippen LogP contribution >= 0.6 is 0 Å². The Morgan fingerprint density at radius 1 is 1.21 bits per heavy atom. The van der Waals surface area contributed by atoms with E-state index in [4.69, 9.17) is 10.2 Å². The summed E-state index contributed by atoms with van der Waals surface area (Å²) in [6, 6.07) is 5.22. The molecule has 3 atom stereocenters.